The molecular formula is C12H14BrN3O3. The average Bonchev–Trinajstić information content (AvgIpc) is 2.77. The minimum absolute atomic E-state index is 0.0682. The van der Waals surface area contributed by atoms with Gasteiger partial charge in [-0.05, 0) is 18.1 Å². The Labute approximate surface area is 118 Å². The Morgan fingerprint density at radius 1 is 1.53 bits per heavy atom. The zero-order valence-electron chi connectivity index (χ0n) is 10.2. The first-order valence-electron chi connectivity index (χ1n) is 5.99. The average molecular weight is 328 g/mol. The fraction of sp³-hybridized carbons (Fsp3) is 0.417. The number of halogens is 1. The van der Waals surface area contributed by atoms with Gasteiger partial charge in [0.2, 0.25) is 5.91 Å². The van der Waals surface area contributed by atoms with Crippen LogP contribution in [0.25, 0.3) is 0 Å². The van der Waals surface area contributed by atoms with Crippen LogP contribution in [-0.2, 0) is 11.3 Å². The summed E-state index contributed by atoms with van der Waals surface area (Å²) in [6, 6.07) is 4.89. The molecule has 0 saturated carbocycles. The van der Waals surface area contributed by atoms with Gasteiger partial charge in [-0.3, -0.25) is 14.9 Å². The maximum Gasteiger partial charge on any atom is 0.270 e. The predicted octanol–water partition coefficient (Wildman–Crippen LogP) is 1.73. The minimum Gasteiger partial charge on any atom is -0.352 e. The Balaban J connectivity index is 1.86. The number of hydrogen-bond donors (Lipinski definition) is 2. The summed E-state index contributed by atoms with van der Waals surface area (Å²) in [5.41, 5.74) is 1.02. The third-order valence-electron chi connectivity index (χ3n) is 3.04. The van der Waals surface area contributed by atoms with Gasteiger partial charge in [0.1, 0.15) is 0 Å². The number of benzene rings is 1. The van der Waals surface area contributed by atoms with Gasteiger partial charge in [-0.15, -0.1) is 0 Å². The van der Waals surface area contributed by atoms with Gasteiger partial charge in [0.15, 0.2) is 0 Å². The van der Waals surface area contributed by atoms with E-state index in [0.29, 0.717) is 24.0 Å². The quantitative estimate of drug-likeness (QED) is 0.637. The maximum absolute atomic E-state index is 11.0. The van der Waals surface area contributed by atoms with Crippen molar-refractivity contribution in [2.75, 3.05) is 6.54 Å². The largest absolute Gasteiger partial charge is 0.352 e. The van der Waals surface area contributed by atoms with E-state index < -0.39 is 4.92 Å². The highest BCUT2D eigenvalue weighted by molar-refractivity contribution is 9.10. The van der Waals surface area contributed by atoms with Crippen molar-refractivity contribution >= 4 is 27.5 Å². The lowest BCUT2D eigenvalue weighted by Crippen LogP contribution is -2.35. The molecule has 0 spiro atoms. The molecule has 2 N–H and O–H groups in total. The standard InChI is InChI=1S/C12H14BrN3O3/c13-11-5-10(16(18)19)3-1-8(11)6-14-7-9-2-4-12(17)15-9/h1,3,5,9,14H,2,4,6-7H2,(H,15,17). The topological polar surface area (TPSA) is 84.3 Å². The van der Waals surface area contributed by atoms with E-state index in [0.717, 1.165) is 12.0 Å². The Bertz CT molecular complexity index is 507. The van der Waals surface area contributed by atoms with Gasteiger partial charge >= 0.3 is 0 Å². The first-order valence-corrected chi connectivity index (χ1v) is 6.78. The SMILES string of the molecule is O=C1CCC(CNCc2ccc([N+](=O)[O-])cc2Br)N1. The summed E-state index contributed by atoms with van der Waals surface area (Å²) < 4.78 is 0.713. The molecule has 0 bridgehead atoms. The number of carbonyl (C=O) groups is 1. The van der Waals surface area contributed by atoms with E-state index in [9.17, 15) is 14.9 Å². The fourth-order valence-electron chi connectivity index (χ4n) is 2.00. The van der Waals surface area contributed by atoms with Gasteiger partial charge in [-0.1, -0.05) is 15.9 Å². The monoisotopic (exact) mass is 327 g/mol. The second kappa shape index (κ2) is 6.12. The van der Waals surface area contributed by atoms with Crippen molar-refractivity contribution in [1.29, 1.82) is 0 Å². The number of non-ortho nitro benzene ring substituents is 1. The highest BCUT2D eigenvalue weighted by Crippen LogP contribution is 2.22. The number of carbonyl (C=O) groups excluding carboxylic acids is 1. The second-order valence-corrected chi connectivity index (χ2v) is 5.32. The molecular weight excluding hydrogens is 314 g/mol. The minimum atomic E-state index is -0.421. The predicted molar refractivity (Wildman–Crippen MR) is 73.7 cm³/mol. The molecule has 1 unspecified atom stereocenters. The number of hydrogen-bond acceptors (Lipinski definition) is 4. The van der Waals surface area contributed by atoms with Crippen molar-refractivity contribution < 1.29 is 9.72 Å². The lowest BCUT2D eigenvalue weighted by molar-refractivity contribution is -0.384. The summed E-state index contributed by atoms with van der Waals surface area (Å²) in [7, 11) is 0. The molecule has 0 radical (unpaired) electrons. The van der Waals surface area contributed by atoms with Crippen LogP contribution in [0.2, 0.25) is 0 Å². The van der Waals surface area contributed by atoms with Gasteiger partial charge in [-0.2, -0.15) is 0 Å². The summed E-state index contributed by atoms with van der Waals surface area (Å²) in [4.78, 5) is 21.2. The first kappa shape index (κ1) is 14.0. The van der Waals surface area contributed by atoms with Crippen LogP contribution in [-0.4, -0.2) is 23.4 Å². The molecule has 0 aromatic heterocycles. The smallest absolute Gasteiger partial charge is 0.270 e. The van der Waals surface area contributed by atoms with Crippen LogP contribution < -0.4 is 10.6 Å². The van der Waals surface area contributed by atoms with Gasteiger partial charge in [0, 0.05) is 42.2 Å². The second-order valence-electron chi connectivity index (χ2n) is 4.47. The summed E-state index contributed by atoms with van der Waals surface area (Å²) in [5, 5.41) is 16.7. The van der Waals surface area contributed by atoms with E-state index in [1.54, 1.807) is 6.07 Å². The van der Waals surface area contributed by atoms with E-state index >= 15 is 0 Å². The number of nitrogens with zero attached hydrogens (tertiary/aromatic N) is 1. The van der Waals surface area contributed by atoms with Crippen LogP contribution in [0.3, 0.4) is 0 Å². The molecule has 1 aromatic carbocycles. The van der Waals surface area contributed by atoms with E-state index in [1.165, 1.54) is 12.1 Å². The van der Waals surface area contributed by atoms with Crippen LogP contribution in [0.15, 0.2) is 22.7 Å². The number of rotatable bonds is 5. The van der Waals surface area contributed by atoms with Gasteiger partial charge in [0.05, 0.1) is 4.92 Å². The zero-order chi connectivity index (χ0) is 13.8. The molecule has 6 nitrogen and oxygen atoms in total. The third kappa shape index (κ3) is 3.74. The summed E-state index contributed by atoms with van der Waals surface area (Å²) in [6.07, 6.45) is 1.45. The number of nitro benzene ring substituents is 1. The maximum atomic E-state index is 11.0. The van der Waals surface area contributed by atoms with Crippen LogP contribution in [0.5, 0.6) is 0 Å². The van der Waals surface area contributed by atoms with Crippen molar-refractivity contribution in [1.82, 2.24) is 10.6 Å². The lowest BCUT2D eigenvalue weighted by Gasteiger charge is -2.12. The van der Waals surface area contributed by atoms with Crippen LogP contribution in [0.4, 0.5) is 5.69 Å². The van der Waals surface area contributed by atoms with E-state index in [4.69, 9.17) is 0 Å². The number of nitro groups is 1. The van der Waals surface area contributed by atoms with E-state index in [2.05, 4.69) is 26.6 Å². The molecule has 1 heterocycles. The Kier molecular flexibility index (Phi) is 4.49. The summed E-state index contributed by atoms with van der Waals surface area (Å²) in [5.74, 6) is 0.100. The normalized spacial score (nSPS) is 18.4. The molecule has 7 heteroatoms. The van der Waals surface area contributed by atoms with Crippen molar-refractivity contribution in [3.05, 3.63) is 38.3 Å². The Morgan fingerprint density at radius 2 is 2.32 bits per heavy atom. The fourth-order valence-corrected chi connectivity index (χ4v) is 2.51. The van der Waals surface area contributed by atoms with Crippen molar-refractivity contribution in [2.24, 2.45) is 0 Å². The van der Waals surface area contributed by atoms with Crippen LogP contribution in [0.1, 0.15) is 18.4 Å². The molecule has 1 atom stereocenters. The molecule has 19 heavy (non-hydrogen) atoms. The van der Waals surface area contributed by atoms with Gasteiger partial charge < -0.3 is 10.6 Å². The number of nitrogens with one attached hydrogen (secondary N) is 2. The van der Waals surface area contributed by atoms with Crippen molar-refractivity contribution in [3.63, 3.8) is 0 Å². The molecule has 1 aliphatic rings. The summed E-state index contributed by atoms with van der Waals surface area (Å²) >= 11 is 3.32. The van der Waals surface area contributed by atoms with Crippen molar-refractivity contribution in [3.8, 4) is 0 Å². The highest BCUT2D eigenvalue weighted by atomic mass is 79.9. The van der Waals surface area contributed by atoms with E-state index in [-0.39, 0.29) is 17.6 Å². The third-order valence-corrected chi connectivity index (χ3v) is 3.78. The molecule has 1 saturated heterocycles. The zero-order valence-corrected chi connectivity index (χ0v) is 11.8. The first-order chi connectivity index (χ1) is 9.06. The molecule has 1 aromatic rings. The molecule has 2 rings (SSSR count). The molecule has 1 aliphatic heterocycles. The molecule has 1 fully saturated rings. The van der Waals surface area contributed by atoms with E-state index in [1.807, 2.05) is 0 Å². The van der Waals surface area contributed by atoms with Crippen LogP contribution >= 0.6 is 15.9 Å². The Morgan fingerprint density at radius 3 is 2.89 bits per heavy atom. The molecule has 102 valence electrons. The van der Waals surface area contributed by atoms with Gasteiger partial charge in [-0.25, -0.2) is 0 Å². The van der Waals surface area contributed by atoms with Gasteiger partial charge in [0.25, 0.3) is 5.69 Å². The lowest BCUT2D eigenvalue weighted by atomic mass is 10.2. The highest BCUT2D eigenvalue weighted by Gasteiger charge is 2.19. The number of amides is 1. The Hall–Kier alpha value is -1.47. The van der Waals surface area contributed by atoms with Crippen LogP contribution in [0, 0.1) is 10.1 Å². The van der Waals surface area contributed by atoms with Crippen molar-refractivity contribution in [2.45, 2.75) is 25.4 Å². The molecule has 1 amide bonds. The summed E-state index contributed by atoms with van der Waals surface area (Å²) in [6.45, 7) is 1.31. The molecule has 0 aliphatic carbocycles.